The number of rotatable bonds is 4. The van der Waals surface area contributed by atoms with Crippen LogP contribution in [0.5, 0.6) is 5.75 Å². The zero-order chi connectivity index (χ0) is 13.2. The first-order valence-corrected chi connectivity index (χ1v) is 5.28. The van der Waals surface area contributed by atoms with Crippen LogP contribution in [0.2, 0.25) is 0 Å². The minimum atomic E-state index is -1.30. The summed E-state index contributed by atoms with van der Waals surface area (Å²) in [5, 5.41) is 9.01. The summed E-state index contributed by atoms with van der Waals surface area (Å²) in [7, 11) is 0. The van der Waals surface area contributed by atoms with Gasteiger partial charge in [-0.2, -0.15) is 0 Å². The molecule has 0 unspecified atom stereocenters. The van der Waals surface area contributed by atoms with E-state index in [0.29, 0.717) is 6.42 Å². The summed E-state index contributed by atoms with van der Waals surface area (Å²) in [6, 6.07) is 2.38. The molecule has 0 aromatic heterocycles. The van der Waals surface area contributed by atoms with E-state index in [1.54, 1.807) is 0 Å². The Hall–Kier alpha value is -1.78. The number of nitrogen functional groups attached to an aromatic ring is 1. The van der Waals surface area contributed by atoms with Crippen LogP contribution in [-0.4, -0.2) is 16.7 Å². The molecule has 1 rings (SSSR count). The highest BCUT2D eigenvalue weighted by Crippen LogP contribution is 2.30. The van der Waals surface area contributed by atoms with Crippen molar-refractivity contribution >= 4 is 11.7 Å². The molecule has 0 saturated carbocycles. The molecule has 0 aliphatic heterocycles. The molecule has 1 aromatic carbocycles. The summed E-state index contributed by atoms with van der Waals surface area (Å²) in [4.78, 5) is 11.0. The highest BCUT2D eigenvalue weighted by atomic mass is 19.1. The molecule has 0 aliphatic rings. The largest absolute Gasteiger partial charge is 0.487 e. The van der Waals surface area contributed by atoms with Crippen molar-refractivity contribution in [3.63, 3.8) is 0 Å². The maximum atomic E-state index is 13.2. The maximum absolute atomic E-state index is 13.2. The van der Waals surface area contributed by atoms with Gasteiger partial charge >= 0.3 is 5.97 Å². The molecular weight excluding hydrogens is 225 g/mol. The zero-order valence-electron chi connectivity index (χ0n) is 10.1. The number of benzene rings is 1. The highest BCUT2D eigenvalue weighted by Gasteiger charge is 2.24. The monoisotopic (exact) mass is 241 g/mol. The molecule has 0 saturated heterocycles. The maximum Gasteiger partial charge on any atom is 0.341 e. The third-order valence-corrected chi connectivity index (χ3v) is 2.61. The van der Waals surface area contributed by atoms with Crippen LogP contribution in [0.3, 0.4) is 0 Å². The lowest BCUT2D eigenvalue weighted by Crippen LogP contribution is -2.28. The molecular formula is C12H16FNO3. The van der Waals surface area contributed by atoms with E-state index in [-0.39, 0.29) is 11.3 Å². The molecule has 3 N–H and O–H groups in total. The number of nitrogens with two attached hydrogens (primary N) is 1. The van der Waals surface area contributed by atoms with E-state index in [1.807, 2.05) is 20.8 Å². The molecule has 0 spiro atoms. The number of hydrogen-bond donors (Lipinski definition) is 2. The van der Waals surface area contributed by atoms with E-state index < -0.39 is 23.1 Å². The molecule has 0 bridgehead atoms. The van der Waals surface area contributed by atoms with Crippen molar-refractivity contribution in [2.45, 2.75) is 32.8 Å². The summed E-state index contributed by atoms with van der Waals surface area (Å²) >= 11 is 0. The zero-order valence-corrected chi connectivity index (χ0v) is 10.1. The predicted octanol–water partition coefficient (Wildman–Crippen LogP) is 2.67. The van der Waals surface area contributed by atoms with Crippen LogP contribution >= 0.6 is 0 Å². The molecule has 94 valence electrons. The fourth-order valence-corrected chi connectivity index (χ4v) is 1.25. The van der Waals surface area contributed by atoms with Crippen molar-refractivity contribution < 1.29 is 19.0 Å². The molecule has 0 aliphatic carbocycles. The smallest absolute Gasteiger partial charge is 0.341 e. The normalized spacial score (nSPS) is 11.3. The second kappa shape index (κ2) is 4.61. The Bertz CT molecular complexity index is 444. The van der Waals surface area contributed by atoms with Gasteiger partial charge in [-0.1, -0.05) is 6.92 Å². The predicted molar refractivity (Wildman–Crippen MR) is 62.8 cm³/mol. The number of carboxylic acid groups (broad SMARTS) is 1. The van der Waals surface area contributed by atoms with Crippen molar-refractivity contribution in [3.8, 4) is 5.75 Å². The molecule has 1 aromatic rings. The van der Waals surface area contributed by atoms with E-state index in [4.69, 9.17) is 15.6 Å². The Balaban J connectivity index is 3.25. The average molecular weight is 241 g/mol. The second-order valence-corrected chi connectivity index (χ2v) is 4.35. The quantitative estimate of drug-likeness (QED) is 0.795. The van der Waals surface area contributed by atoms with Crippen LogP contribution in [0.4, 0.5) is 10.1 Å². The Morgan fingerprint density at radius 2 is 2.12 bits per heavy atom. The van der Waals surface area contributed by atoms with Crippen molar-refractivity contribution in [2.24, 2.45) is 0 Å². The van der Waals surface area contributed by atoms with Gasteiger partial charge in [-0.3, -0.25) is 0 Å². The SMILES string of the molecule is CCC(C)(C)Oc1ccc(F)c(N)c1C(=O)O. The molecule has 0 heterocycles. The van der Waals surface area contributed by atoms with Gasteiger partial charge in [0.1, 0.15) is 22.7 Å². The van der Waals surface area contributed by atoms with Crippen LogP contribution in [0.25, 0.3) is 0 Å². The second-order valence-electron chi connectivity index (χ2n) is 4.35. The summed E-state index contributed by atoms with van der Waals surface area (Å²) in [6.07, 6.45) is 0.684. The van der Waals surface area contributed by atoms with Crippen LogP contribution in [0.15, 0.2) is 12.1 Å². The molecule has 0 amide bonds. The third-order valence-electron chi connectivity index (χ3n) is 2.61. The lowest BCUT2D eigenvalue weighted by atomic mass is 10.1. The number of aromatic carboxylic acids is 1. The van der Waals surface area contributed by atoms with Gasteiger partial charge in [0.15, 0.2) is 0 Å². The van der Waals surface area contributed by atoms with E-state index in [1.165, 1.54) is 6.07 Å². The number of anilines is 1. The van der Waals surface area contributed by atoms with Gasteiger partial charge in [0.2, 0.25) is 0 Å². The van der Waals surface area contributed by atoms with Gasteiger partial charge in [0.05, 0.1) is 5.69 Å². The first-order valence-electron chi connectivity index (χ1n) is 5.28. The summed E-state index contributed by atoms with van der Waals surface area (Å²) in [6.45, 7) is 5.55. The van der Waals surface area contributed by atoms with Crippen LogP contribution in [0.1, 0.15) is 37.6 Å². The summed E-state index contributed by atoms with van der Waals surface area (Å²) < 4.78 is 18.7. The van der Waals surface area contributed by atoms with Gasteiger partial charge < -0.3 is 15.6 Å². The Morgan fingerprint density at radius 1 is 1.53 bits per heavy atom. The number of hydrogen-bond acceptors (Lipinski definition) is 3. The van der Waals surface area contributed by atoms with Crippen molar-refractivity contribution in [3.05, 3.63) is 23.5 Å². The molecule has 17 heavy (non-hydrogen) atoms. The van der Waals surface area contributed by atoms with Gasteiger partial charge in [0, 0.05) is 0 Å². The Morgan fingerprint density at radius 3 is 2.59 bits per heavy atom. The number of halogens is 1. The fourth-order valence-electron chi connectivity index (χ4n) is 1.25. The van der Waals surface area contributed by atoms with E-state index in [9.17, 15) is 9.18 Å². The standard InChI is InChI=1S/C12H16FNO3/c1-4-12(2,3)17-8-6-5-7(13)10(14)9(8)11(15)16/h5-6H,4,14H2,1-3H3,(H,15,16). The van der Waals surface area contributed by atoms with Crippen LogP contribution in [0, 0.1) is 5.82 Å². The van der Waals surface area contributed by atoms with Crippen LogP contribution in [-0.2, 0) is 0 Å². The van der Waals surface area contributed by atoms with Gasteiger partial charge in [-0.15, -0.1) is 0 Å². The van der Waals surface area contributed by atoms with Crippen molar-refractivity contribution in [2.75, 3.05) is 5.73 Å². The number of ether oxygens (including phenoxy) is 1. The topological polar surface area (TPSA) is 72.5 Å². The molecule has 0 atom stereocenters. The van der Waals surface area contributed by atoms with E-state index in [0.717, 1.165) is 6.07 Å². The third kappa shape index (κ3) is 2.87. The molecule has 4 nitrogen and oxygen atoms in total. The number of carbonyl (C=O) groups is 1. The van der Waals surface area contributed by atoms with E-state index >= 15 is 0 Å². The van der Waals surface area contributed by atoms with Crippen molar-refractivity contribution in [1.29, 1.82) is 0 Å². The van der Waals surface area contributed by atoms with E-state index in [2.05, 4.69) is 0 Å². The summed E-state index contributed by atoms with van der Waals surface area (Å²) in [5.41, 5.74) is 4.15. The fraction of sp³-hybridized carbons (Fsp3) is 0.417. The van der Waals surface area contributed by atoms with Gasteiger partial charge in [-0.25, -0.2) is 9.18 Å². The minimum Gasteiger partial charge on any atom is -0.487 e. The van der Waals surface area contributed by atoms with Crippen molar-refractivity contribution in [1.82, 2.24) is 0 Å². The van der Waals surface area contributed by atoms with Gasteiger partial charge in [0.25, 0.3) is 0 Å². The van der Waals surface area contributed by atoms with Crippen LogP contribution < -0.4 is 10.5 Å². The Labute approximate surface area is 99.2 Å². The van der Waals surface area contributed by atoms with Gasteiger partial charge in [-0.05, 0) is 32.4 Å². The Kier molecular flexibility index (Phi) is 3.60. The molecule has 0 radical (unpaired) electrons. The first kappa shape index (κ1) is 13.3. The number of carboxylic acids is 1. The lowest BCUT2D eigenvalue weighted by Gasteiger charge is -2.26. The highest BCUT2D eigenvalue weighted by molar-refractivity contribution is 5.96. The molecule has 5 heteroatoms. The lowest BCUT2D eigenvalue weighted by molar-refractivity contribution is 0.0672. The first-order chi connectivity index (χ1) is 7.78. The minimum absolute atomic E-state index is 0.0863. The molecule has 0 fully saturated rings. The summed E-state index contributed by atoms with van der Waals surface area (Å²) in [5.74, 6) is -1.98. The average Bonchev–Trinajstić information content (AvgIpc) is 2.23.